The van der Waals surface area contributed by atoms with Gasteiger partial charge in [0, 0.05) is 19.1 Å². The van der Waals surface area contributed by atoms with Crippen LogP contribution in [-0.4, -0.2) is 35.7 Å². The number of aromatic nitrogens is 4. The van der Waals surface area contributed by atoms with Crippen LogP contribution in [0.25, 0.3) is 11.2 Å². The first-order chi connectivity index (χ1) is 14.5. The van der Waals surface area contributed by atoms with Crippen molar-refractivity contribution in [3.63, 3.8) is 0 Å². The number of carbonyl (C=O) groups is 1. The molecule has 0 aromatic carbocycles. The zero-order valence-corrected chi connectivity index (χ0v) is 18.0. The Morgan fingerprint density at radius 3 is 2.43 bits per heavy atom. The highest BCUT2D eigenvalue weighted by Crippen LogP contribution is 2.17. The van der Waals surface area contributed by atoms with Gasteiger partial charge in [-0.1, -0.05) is 39.5 Å². The number of rotatable bonds is 9. The lowest BCUT2D eigenvalue weighted by atomic mass is 9.95. The molecule has 0 radical (unpaired) electrons. The van der Waals surface area contributed by atoms with Crippen LogP contribution >= 0.6 is 0 Å². The third-order valence-corrected chi connectivity index (χ3v) is 5.79. The molecule has 9 nitrogen and oxygen atoms in total. The minimum Gasteiger partial charge on any atom is -0.388 e. The molecule has 9 heteroatoms. The SMILES string of the molecule is CCCCn1c(=O)n(CC(=O)NC2CCCCC2)c(=O)c2c1nc(CO)n2CCC. The van der Waals surface area contributed by atoms with Crippen molar-refractivity contribution < 1.29 is 9.90 Å². The maximum absolute atomic E-state index is 13.3. The van der Waals surface area contributed by atoms with E-state index in [9.17, 15) is 19.5 Å². The third-order valence-electron chi connectivity index (χ3n) is 5.79. The second kappa shape index (κ2) is 10.1. The van der Waals surface area contributed by atoms with Crippen molar-refractivity contribution in [3.8, 4) is 0 Å². The average molecular weight is 420 g/mol. The summed E-state index contributed by atoms with van der Waals surface area (Å²) in [4.78, 5) is 43.4. The maximum atomic E-state index is 13.3. The molecule has 2 aromatic rings. The topological polar surface area (TPSA) is 111 Å². The van der Waals surface area contributed by atoms with Crippen molar-refractivity contribution in [2.75, 3.05) is 0 Å². The van der Waals surface area contributed by atoms with E-state index in [1.54, 1.807) is 4.57 Å². The predicted octanol–water partition coefficient (Wildman–Crippen LogP) is 1.51. The van der Waals surface area contributed by atoms with Crippen molar-refractivity contribution in [2.45, 2.75) is 97.5 Å². The number of nitrogens with one attached hydrogen (secondary N) is 1. The van der Waals surface area contributed by atoms with Gasteiger partial charge in [-0.2, -0.15) is 0 Å². The third kappa shape index (κ3) is 4.50. The molecule has 1 aliphatic rings. The molecule has 2 aromatic heterocycles. The fourth-order valence-corrected chi connectivity index (χ4v) is 4.24. The van der Waals surface area contributed by atoms with Gasteiger partial charge in [0.2, 0.25) is 5.91 Å². The lowest BCUT2D eigenvalue weighted by molar-refractivity contribution is -0.122. The zero-order chi connectivity index (χ0) is 21.7. The molecule has 0 bridgehead atoms. The molecule has 0 saturated heterocycles. The second-order valence-corrected chi connectivity index (χ2v) is 8.09. The number of nitrogens with zero attached hydrogens (tertiary/aromatic N) is 4. The summed E-state index contributed by atoms with van der Waals surface area (Å²) < 4.78 is 4.17. The lowest BCUT2D eigenvalue weighted by Crippen LogP contribution is -2.46. The Labute approximate surface area is 175 Å². The molecular formula is C21H33N5O4. The second-order valence-electron chi connectivity index (χ2n) is 8.09. The van der Waals surface area contributed by atoms with Crippen molar-refractivity contribution in [1.29, 1.82) is 0 Å². The van der Waals surface area contributed by atoms with Gasteiger partial charge in [-0.25, -0.2) is 14.3 Å². The van der Waals surface area contributed by atoms with Crippen molar-refractivity contribution in [2.24, 2.45) is 0 Å². The first kappa shape index (κ1) is 22.3. The molecule has 166 valence electrons. The number of imidazole rings is 1. The van der Waals surface area contributed by atoms with Crippen LogP contribution < -0.4 is 16.6 Å². The molecular weight excluding hydrogens is 386 g/mol. The molecule has 0 aliphatic heterocycles. The molecule has 2 heterocycles. The van der Waals surface area contributed by atoms with E-state index in [-0.39, 0.29) is 30.6 Å². The Hall–Kier alpha value is -2.42. The molecule has 0 atom stereocenters. The molecule has 1 aliphatic carbocycles. The zero-order valence-electron chi connectivity index (χ0n) is 18.0. The summed E-state index contributed by atoms with van der Waals surface area (Å²) >= 11 is 0. The van der Waals surface area contributed by atoms with Gasteiger partial charge in [0.25, 0.3) is 5.56 Å². The van der Waals surface area contributed by atoms with Gasteiger partial charge in [-0.3, -0.25) is 14.2 Å². The van der Waals surface area contributed by atoms with Gasteiger partial charge in [0.05, 0.1) is 0 Å². The fourth-order valence-electron chi connectivity index (χ4n) is 4.24. The smallest absolute Gasteiger partial charge is 0.333 e. The van der Waals surface area contributed by atoms with Crippen LogP contribution in [0.4, 0.5) is 0 Å². The molecule has 1 amide bonds. The Kier molecular flexibility index (Phi) is 7.47. The molecule has 30 heavy (non-hydrogen) atoms. The van der Waals surface area contributed by atoms with Gasteiger partial charge < -0.3 is 15.0 Å². The van der Waals surface area contributed by atoms with Crippen molar-refractivity contribution in [1.82, 2.24) is 24.0 Å². The van der Waals surface area contributed by atoms with E-state index in [4.69, 9.17) is 0 Å². The van der Waals surface area contributed by atoms with E-state index in [0.717, 1.165) is 49.5 Å². The summed E-state index contributed by atoms with van der Waals surface area (Å²) in [6, 6.07) is 0.111. The van der Waals surface area contributed by atoms with Crippen LogP contribution in [-0.2, 0) is 31.0 Å². The highest BCUT2D eigenvalue weighted by Gasteiger charge is 2.23. The summed E-state index contributed by atoms with van der Waals surface area (Å²) in [5, 5.41) is 12.7. The maximum Gasteiger partial charge on any atom is 0.333 e. The van der Waals surface area contributed by atoms with Crippen molar-refractivity contribution in [3.05, 3.63) is 26.7 Å². The van der Waals surface area contributed by atoms with E-state index in [2.05, 4.69) is 10.3 Å². The number of carbonyl (C=O) groups excluding carboxylic acids is 1. The number of aryl methyl sites for hydroxylation is 2. The van der Waals surface area contributed by atoms with Gasteiger partial charge in [0.15, 0.2) is 11.2 Å². The summed E-state index contributed by atoms with van der Waals surface area (Å²) in [6.07, 6.45) is 7.58. The number of hydrogen-bond donors (Lipinski definition) is 2. The number of fused-ring (bicyclic) bond motifs is 1. The summed E-state index contributed by atoms with van der Waals surface area (Å²) in [5.41, 5.74) is -0.477. The largest absolute Gasteiger partial charge is 0.388 e. The molecule has 1 fully saturated rings. The van der Waals surface area contributed by atoms with Crippen LogP contribution in [0.1, 0.15) is 71.0 Å². The Bertz CT molecular complexity index is 997. The van der Waals surface area contributed by atoms with Gasteiger partial charge in [-0.05, 0) is 25.7 Å². The monoisotopic (exact) mass is 419 g/mol. The molecule has 3 rings (SSSR count). The van der Waals surface area contributed by atoms with Crippen LogP contribution in [0.15, 0.2) is 9.59 Å². The summed E-state index contributed by atoms with van der Waals surface area (Å²) in [5.74, 6) is 0.0458. The lowest BCUT2D eigenvalue weighted by Gasteiger charge is -2.23. The van der Waals surface area contributed by atoms with Crippen LogP contribution in [0, 0.1) is 0 Å². The van der Waals surface area contributed by atoms with Gasteiger partial charge in [0.1, 0.15) is 19.0 Å². The highest BCUT2D eigenvalue weighted by molar-refractivity contribution is 5.77. The molecule has 1 saturated carbocycles. The minimum atomic E-state index is -0.526. The van der Waals surface area contributed by atoms with Crippen LogP contribution in [0.2, 0.25) is 0 Å². The Morgan fingerprint density at radius 2 is 1.80 bits per heavy atom. The first-order valence-corrected chi connectivity index (χ1v) is 11.1. The average Bonchev–Trinajstić information content (AvgIpc) is 3.10. The standard InChI is InChI=1S/C21H33N5O4/c1-3-5-12-25-19-18(24(11-4-2)16(14-27)23-19)20(29)26(21(25)30)13-17(28)22-15-9-7-6-8-10-15/h15,27H,3-14H2,1-2H3,(H,22,28). The first-order valence-electron chi connectivity index (χ1n) is 11.1. The quantitative estimate of drug-likeness (QED) is 0.640. The molecule has 0 unspecified atom stereocenters. The minimum absolute atomic E-state index is 0.111. The number of aliphatic hydroxyl groups excluding tert-OH is 1. The number of unbranched alkanes of at least 4 members (excludes halogenated alkanes) is 1. The van der Waals surface area contributed by atoms with Gasteiger partial charge >= 0.3 is 5.69 Å². The van der Waals surface area contributed by atoms with Crippen LogP contribution in [0.5, 0.6) is 0 Å². The predicted molar refractivity (Wildman–Crippen MR) is 114 cm³/mol. The van der Waals surface area contributed by atoms with E-state index in [1.165, 1.54) is 11.0 Å². The molecule has 0 spiro atoms. The number of hydrogen-bond acceptors (Lipinski definition) is 5. The molecule has 2 N–H and O–H groups in total. The highest BCUT2D eigenvalue weighted by atomic mass is 16.3. The van der Waals surface area contributed by atoms with Crippen molar-refractivity contribution >= 4 is 17.1 Å². The fraction of sp³-hybridized carbons (Fsp3) is 0.714. The summed E-state index contributed by atoms with van der Waals surface area (Å²) in [6.45, 7) is 4.27. The van der Waals surface area contributed by atoms with Crippen LogP contribution in [0.3, 0.4) is 0 Å². The van der Waals surface area contributed by atoms with E-state index >= 15 is 0 Å². The Morgan fingerprint density at radius 1 is 1.07 bits per heavy atom. The normalized spacial score (nSPS) is 15.0. The number of aliphatic hydroxyl groups is 1. The van der Waals surface area contributed by atoms with Gasteiger partial charge in [-0.15, -0.1) is 0 Å². The van der Waals surface area contributed by atoms with E-state index in [0.29, 0.717) is 24.6 Å². The van der Waals surface area contributed by atoms with E-state index < -0.39 is 11.2 Å². The summed E-state index contributed by atoms with van der Waals surface area (Å²) in [7, 11) is 0. The Balaban J connectivity index is 2.06. The van der Waals surface area contributed by atoms with E-state index in [1.807, 2.05) is 13.8 Å². The number of amides is 1.